The van der Waals surface area contributed by atoms with Crippen LogP contribution in [0.3, 0.4) is 0 Å². The van der Waals surface area contributed by atoms with Gasteiger partial charge in [0.15, 0.2) is 0 Å². The van der Waals surface area contributed by atoms with Crippen molar-refractivity contribution in [2.75, 3.05) is 0 Å². The number of hydrogen-bond acceptors (Lipinski definition) is 2. The highest BCUT2D eigenvalue weighted by molar-refractivity contribution is 5.73. The predicted octanol–water partition coefficient (Wildman–Crippen LogP) is 4.44. The summed E-state index contributed by atoms with van der Waals surface area (Å²) < 4.78 is 0. The van der Waals surface area contributed by atoms with Crippen LogP contribution < -0.4 is 0 Å². The van der Waals surface area contributed by atoms with E-state index in [1.807, 2.05) is 0 Å². The average molecular weight is 302 g/mol. The molecule has 0 aromatic carbocycles. The molecule has 0 bridgehead atoms. The first-order valence-electron chi connectivity index (χ1n) is 8.88. The van der Waals surface area contributed by atoms with Gasteiger partial charge in [0.1, 0.15) is 6.29 Å². The number of aliphatic hydroxyl groups is 1. The number of rotatable bonds is 1. The van der Waals surface area contributed by atoms with Crippen molar-refractivity contribution in [1.82, 2.24) is 0 Å². The van der Waals surface area contributed by atoms with Gasteiger partial charge in [0.05, 0.1) is 6.10 Å². The van der Waals surface area contributed by atoms with Crippen molar-refractivity contribution < 1.29 is 9.90 Å². The highest BCUT2D eigenvalue weighted by atomic mass is 16.3. The fourth-order valence-corrected chi connectivity index (χ4v) is 5.72. The first-order chi connectivity index (χ1) is 10.4. The molecule has 1 N–H and O–H groups in total. The molecule has 4 atom stereocenters. The number of carbonyl (C=O) groups excluding carboxylic acids is 1. The molecule has 0 saturated heterocycles. The molecule has 0 spiro atoms. The van der Waals surface area contributed by atoms with Crippen LogP contribution in [0.15, 0.2) is 23.3 Å². The van der Waals surface area contributed by atoms with Crippen molar-refractivity contribution in [1.29, 1.82) is 0 Å². The van der Waals surface area contributed by atoms with Crippen LogP contribution in [0.2, 0.25) is 0 Å². The summed E-state index contributed by atoms with van der Waals surface area (Å²) in [6.45, 7) is 7.33. The van der Waals surface area contributed by atoms with Crippen molar-refractivity contribution in [3.05, 3.63) is 23.3 Å². The van der Waals surface area contributed by atoms with Crippen molar-refractivity contribution in [2.24, 2.45) is 22.7 Å². The number of hydrogen-bond donors (Lipinski definition) is 1. The molecule has 3 aliphatic carbocycles. The highest BCUT2D eigenvalue weighted by Crippen LogP contribution is 2.61. The van der Waals surface area contributed by atoms with Crippen LogP contribution in [0.25, 0.3) is 0 Å². The highest BCUT2D eigenvalue weighted by Gasteiger charge is 2.52. The molecule has 122 valence electrons. The van der Waals surface area contributed by atoms with Gasteiger partial charge in [-0.1, -0.05) is 44.9 Å². The Labute approximate surface area is 134 Å². The van der Waals surface area contributed by atoms with E-state index in [2.05, 4.69) is 32.9 Å². The molecule has 0 aromatic heterocycles. The van der Waals surface area contributed by atoms with Gasteiger partial charge in [-0.05, 0) is 60.3 Å². The molecule has 1 fully saturated rings. The Morgan fingerprint density at radius 1 is 1.14 bits per heavy atom. The Bertz CT molecular complexity index is 514. The molecule has 0 amide bonds. The van der Waals surface area contributed by atoms with Crippen LogP contribution >= 0.6 is 0 Å². The van der Waals surface area contributed by atoms with E-state index in [1.165, 1.54) is 24.8 Å². The van der Waals surface area contributed by atoms with Crippen molar-refractivity contribution >= 4 is 6.29 Å². The Morgan fingerprint density at radius 3 is 2.64 bits per heavy atom. The predicted molar refractivity (Wildman–Crippen MR) is 89.4 cm³/mol. The molecule has 3 rings (SSSR count). The van der Waals surface area contributed by atoms with Gasteiger partial charge in [-0.3, -0.25) is 4.79 Å². The van der Waals surface area contributed by atoms with Crippen LogP contribution in [0, 0.1) is 22.7 Å². The smallest absolute Gasteiger partial charge is 0.145 e. The Kier molecular flexibility index (Phi) is 4.09. The molecule has 2 heteroatoms. The van der Waals surface area contributed by atoms with Gasteiger partial charge >= 0.3 is 0 Å². The van der Waals surface area contributed by atoms with E-state index >= 15 is 0 Å². The van der Waals surface area contributed by atoms with Gasteiger partial charge in [0.25, 0.3) is 0 Å². The van der Waals surface area contributed by atoms with E-state index in [0.29, 0.717) is 29.1 Å². The van der Waals surface area contributed by atoms with Crippen LogP contribution in [-0.2, 0) is 4.79 Å². The van der Waals surface area contributed by atoms with Crippen LogP contribution in [0.4, 0.5) is 0 Å². The van der Waals surface area contributed by atoms with Crippen molar-refractivity contribution in [3.8, 4) is 0 Å². The lowest BCUT2D eigenvalue weighted by molar-refractivity contribution is -0.105. The topological polar surface area (TPSA) is 37.3 Å². The average Bonchev–Trinajstić information content (AvgIpc) is 2.41. The number of carbonyl (C=O) groups is 1. The van der Waals surface area contributed by atoms with Gasteiger partial charge < -0.3 is 5.11 Å². The van der Waals surface area contributed by atoms with Crippen LogP contribution in [-0.4, -0.2) is 17.5 Å². The summed E-state index contributed by atoms with van der Waals surface area (Å²) in [5.41, 5.74) is 2.94. The zero-order chi connectivity index (χ0) is 16.0. The first kappa shape index (κ1) is 16.0. The molecule has 0 radical (unpaired) electrons. The largest absolute Gasteiger partial charge is 0.392 e. The van der Waals surface area contributed by atoms with E-state index in [0.717, 1.165) is 31.1 Å². The van der Waals surface area contributed by atoms with Crippen molar-refractivity contribution in [2.45, 2.75) is 71.8 Å². The summed E-state index contributed by atoms with van der Waals surface area (Å²) in [6.07, 6.45) is 12.4. The molecule has 0 aromatic rings. The summed E-state index contributed by atoms with van der Waals surface area (Å²) in [7, 11) is 0. The van der Waals surface area contributed by atoms with E-state index < -0.39 is 6.10 Å². The molecule has 1 saturated carbocycles. The molecule has 0 heterocycles. The quantitative estimate of drug-likeness (QED) is 0.574. The van der Waals surface area contributed by atoms with E-state index in [4.69, 9.17) is 0 Å². The zero-order valence-electron chi connectivity index (χ0n) is 14.3. The molecule has 22 heavy (non-hydrogen) atoms. The summed E-state index contributed by atoms with van der Waals surface area (Å²) >= 11 is 0. The standard InChI is InChI=1S/C20H30O2/c1-19(2)9-4-10-20(3)17-7-5-14(13-21)11-16(22)12-15(17)6-8-18(19)20/h5-6,13,16-18,22H,4,7-12H2,1-3H3/t16-,17-,18-,20+/m0/s1. The molecular formula is C20H30O2. The maximum absolute atomic E-state index is 11.2. The van der Waals surface area contributed by atoms with E-state index in [1.54, 1.807) is 0 Å². The van der Waals surface area contributed by atoms with Gasteiger partial charge in [-0.15, -0.1) is 0 Å². The second-order valence-electron chi connectivity index (χ2n) is 8.66. The summed E-state index contributed by atoms with van der Waals surface area (Å²) in [5.74, 6) is 1.21. The lowest BCUT2D eigenvalue weighted by Gasteiger charge is -2.57. The monoisotopic (exact) mass is 302 g/mol. The third-order valence-corrected chi connectivity index (χ3v) is 6.85. The number of fused-ring (bicyclic) bond motifs is 3. The molecule has 3 aliphatic rings. The second-order valence-corrected chi connectivity index (χ2v) is 8.66. The molecule has 0 aliphatic heterocycles. The number of allylic oxidation sites excluding steroid dienone is 2. The maximum Gasteiger partial charge on any atom is 0.145 e. The van der Waals surface area contributed by atoms with Crippen LogP contribution in [0.5, 0.6) is 0 Å². The number of aldehydes is 1. The normalized spacial score (nSPS) is 41.2. The van der Waals surface area contributed by atoms with Gasteiger partial charge in [0.2, 0.25) is 0 Å². The van der Waals surface area contributed by atoms with Gasteiger partial charge in [0, 0.05) is 6.42 Å². The SMILES string of the molecule is CC1(C)CCC[C@]2(C)[C@H]3CC=C(C=O)C[C@H](O)CC3=CC[C@@H]12. The molecule has 0 unspecified atom stereocenters. The fraction of sp³-hybridized carbons (Fsp3) is 0.750. The maximum atomic E-state index is 11.2. The third-order valence-electron chi connectivity index (χ3n) is 6.85. The summed E-state index contributed by atoms with van der Waals surface area (Å²) in [5, 5.41) is 10.3. The minimum absolute atomic E-state index is 0.313. The molecular weight excluding hydrogens is 272 g/mol. The Balaban J connectivity index is 1.99. The first-order valence-corrected chi connectivity index (χ1v) is 8.88. The van der Waals surface area contributed by atoms with E-state index in [9.17, 15) is 9.90 Å². The Morgan fingerprint density at radius 2 is 1.91 bits per heavy atom. The summed E-state index contributed by atoms with van der Waals surface area (Å²) in [4.78, 5) is 11.2. The van der Waals surface area contributed by atoms with E-state index in [-0.39, 0.29) is 0 Å². The van der Waals surface area contributed by atoms with Gasteiger partial charge in [-0.2, -0.15) is 0 Å². The van der Waals surface area contributed by atoms with Gasteiger partial charge in [-0.25, -0.2) is 0 Å². The number of aliphatic hydroxyl groups excluding tert-OH is 1. The van der Waals surface area contributed by atoms with Crippen LogP contribution in [0.1, 0.15) is 65.7 Å². The minimum atomic E-state index is -0.401. The third kappa shape index (κ3) is 2.60. The minimum Gasteiger partial charge on any atom is -0.392 e. The van der Waals surface area contributed by atoms with Crippen molar-refractivity contribution in [3.63, 3.8) is 0 Å². The Hall–Kier alpha value is -0.890. The zero-order valence-corrected chi connectivity index (χ0v) is 14.3. The summed E-state index contributed by atoms with van der Waals surface area (Å²) in [6, 6.07) is 0. The molecule has 2 nitrogen and oxygen atoms in total. The lowest BCUT2D eigenvalue weighted by atomic mass is 9.47. The fourth-order valence-electron chi connectivity index (χ4n) is 5.72. The second kappa shape index (κ2) is 5.63. The lowest BCUT2D eigenvalue weighted by Crippen LogP contribution is -2.49.